The van der Waals surface area contributed by atoms with Gasteiger partial charge in [0.25, 0.3) is 0 Å². The predicted octanol–water partition coefficient (Wildman–Crippen LogP) is 2.01. The molecule has 0 saturated carbocycles. The van der Waals surface area contributed by atoms with Gasteiger partial charge in [0.1, 0.15) is 0 Å². The van der Waals surface area contributed by atoms with Gasteiger partial charge in [-0.3, -0.25) is 4.79 Å². The lowest BCUT2D eigenvalue weighted by molar-refractivity contribution is -0.116. The maximum Gasteiger partial charge on any atom is 0.242 e. The molecule has 1 aromatic rings. The molecule has 1 amide bonds. The second-order valence-corrected chi connectivity index (χ2v) is 8.78. The van der Waals surface area contributed by atoms with Crippen molar-refractivity contribution in [2.75, 3.05) is 25.0 Å². The molecule has 0 aliphatic carbocycles. The van der Waals surface area contributed by atoms with Crippen molar-refractivity contribution in [3.8, 4) is 0 Å². The molecule has 0 spiro atoms. The molecule has 0 saturated heterocycles. The molecule has 2 N–H and O–H groups in total. The third-order valence-electron chi connectivity index (χ3n) is 4.67. The van der Waals surface area contributed by atoms with E-state index >= 15 is 0 Å². The van der Waals surface area contributed by atoms with Crippen LogP contribution in [0.15, 0.2) is 23.1 Å². The van der Waals surface area contributed by atoms with Crippen LogP contribution in [0.4, 0.5) is 5.69 Å². The first-order valence-corrected chi connectivity index (χ1v) is 9.71. The monoisotopic (exact) mass is 389 g/mol. The molecule has 1 aromatic carbocycles. The Balaban J connectivity index is 0.00000312. The van der Waals surface area contributed by atoms with E-state index in [9.17, 15) is 13.2 Å². The van der Waals surface area contributed by atoms with E-state index in [0.29, 0.717) is 31.1 Å². The van der Waals surface area contributed by atoms with Gasteiger partial charge in [-0.15, -0.1) is 12.4 Å². The lowest BCUT2D eigenvalue weighted by atomic mass is 10.0. The van der Waals surface area contributed by atoms with E-state index in [0.717, 1.165) is 12.0 Å². The Hall–Kier alpha value is -1.15. The number of nitrogens with zero attached hydrogens (tertiary/aromatic N) is 2. The number of halogens is 1. The molecule has 0 radical (unpaired) electrons. The second-order valence-electron chi connectivity index (χ2n) is 6.73. The molecule has 142 valence electrons. The first-order valence-electron chi connectivity index (χ1n) is 8.27. The number of amides is 1. The maximum absolute atomic E-state index is 12.8. The number of carbonyl (C=O) groups is 1. The Morgan fingerprint density at radius 1 is 1.36 bits per heavy atom. The standard InChI is InChI=1S/C17H27N3O3S.ClH/c1-12(2)16(18)8-9-19(4)24(22,23)15-6-5-14-7-10-20(13(3)21)17(14)11-15;/h5-6,11-12,16H,7-10,18H2,1-4H3;1H. The molecule has 2 rings (SSSR count). The summed E-state index contributed by atoms with van der Waals surface area (Å²) >= 11 is 0. The van der Waals surface area contributed by atoms with E-state index in [4.69, 9.17) is 5.73 Å². The number of fused-ring (bicyclic) bond motifs is 1. The number of nitrogens with two attached hydrogens (primary N) is 1. The number of hydrogen-bond donors (Lipinski definition) is 1. The van der Waals surface area contributed by atoms with Gasteiger partial charge < -0.3 is 10.6 Å². The van der Waals surface area contributed by atoms with E-state index in [1.54, 1.807) is 30.1 Å². The largest absolute Gasteiger partial charge is 0.327 e. The zero-order valence-electron chi connectivity index (χ0n) is 15.2. The molecule has 1 heterocycles. The van der Waals surface area contributed by atoms with Crippen LogP contribution in [0.25, 0.3) is 0 Å². The van der Waals surface area contributed by atoms with Crippen molar-refractivity contribution in [2.45, 2.75) is 44.6 Å². The minimum absolute atomic E-state index is 0. The Morgan fingerprint density at radius 2 is 2.00 bits per heavy atom. The average molecular weight is 390 g/mol. The van der Waals surface area contributed by atoms with Gasteiger partial charge in [-0.25, -0.2) is 12.7 Å². The van der Waals surface area contributed by atoms with Crippen molar-refractivity contribution in [3.05, 3.63) is 23.8 Å². The van der Waals surface area contributed by atoms with Crippen molar-refractivity contribution < 1.29 is 13.2 Å². The highest BCUT2D eigenvalue weighted by molar-refractivity contribution is 7.89. The summed E-state index contributed by atoms with van der Waals surface area (Å²) in [5.74, 6) is 0.241. The smallest absolute Gasteiger partial charge is 0.242 e. The molecule has 0 aromatic heterocycles. The normalized spacial score (nSPS) is 15.2. The van der Waals surface area contributed by atoms with E-state index in [1.807, 2.05) is 13.8 Å². The molecular formula is C17H28ClN3O3S. The molecule has 1 aliphatic rings. The number of rotatable bonds is 6. The summed E-state index contributed by atoms with van der Waals surface area (Å²) in [4.78, 5) is 13.5. The van der Waals surface area contributed by atoms with Crippen LogP contribution >= 0.6 is 12.4 Å². The fourth-order valence-electron chi connectivity index (χ4n) is 2.81. The molecule has 1 aliphatic heterocycles. The Morgan fingerprint density at radius 3 is 2.56 bits per heavy atom. The third-order valence-corrected chi connectivity index (χ3v) is 6.53. The summed E-state index contributed by atoms with van der Waals surface area (Å²) in [6.45, 7) is 6.52. The number of anilines is 1. The van der Waals surface area contributed by atoms with Crippen LogP contribution in [0, 0.1) is 5.92 Å². The lowest BCUT2D eigenvalue weighted by Crippen LogP contribution is -2.34. The SMILES string of the molecule is CC(=O)N1CCc2ccc(S(=O)(=O)N(C)CCC(N)C(C)C)cc21.Cl. The summed E-state index contributed by atoms with van der Waals surface area (Å²) in [7, 11) is -2.02. The summed E-state index contributed by atoms with van der Waals surface area (Å²) in [6.07, 6.45) is 1.37. The van der Waals surface area contributed by atoms with E-state index in [-0.39, 0.29) is 29.3 Å². The summed E-state index contributed by atoms with van der Waals surface area (Å²) in [6, 6.07) is 5.00. The van der Waals surface area contributed by atoms with Crippen molar-refractivity contribution in [2.24, 2.45) is 11.7 Å². The van der Waals surface area contributed by atoms with Gasteiger partial charge in [-0.1, -0.05) is 19.9 Å². The molecule has 1 unspecified atom stereocenters. The predicted molar refractivity (Wildman–Crippen MR) is 103 cm³/mol. The van der Waals surface area contributed by atoms with E-state index < -0.39 is 10.0 Å². The fourth-order valence-corrected chi connectivity index (χ4v) is 4.02. The zero-order chi connectivity index (χ0) is 18.1. The van der Waals surface area contributed by atoms with Gasteiger partial charge in [0, 0.05) is 38.8 Å². The van der Waals surface area contributed by atoms with Crippen LogP contribution in [0.2, 0.25) is 0 Å². The minimum atomic E-state index is -3.59. The molecule has 0 fully saturated rings. The number of hydrogen-bond acceptors (Lipinski definition) is 4. The lowest BCUT2D eigenvalue weighted by Gasteiger charge is -2.22. The van der Waals surface area contributed by atoms with Crippen LogP contribution in [0.3, 0.4) is 0 Å². The molecular weight excluding hydrogens is 362 g/mol. The van der Waals surface area contributed by atoms with Crippen molar-refractivity contribution in [1.29, 1.82) is 0 Å². The van der Waals surface area contributed by atoms with Crippen LogP contribution in [-0.2, 0) is 21.2 Å². The van der Waals surface area contributed by atoms with Crippen molar-refractivity contribution in [3.63, 3.8) is 0 Å². The van der Waals surface area contributed by atoms with Crippen LogP contribution < -0.4 is 10.6 Å². The van der Waals surface area contributed by atoms with Gasteiger partial charge in [0.2, 0.25) is 15.9 Å². The Labute approximate surface area is 156 Å². The van der Waals surface area contributed by atoms with Crippen molar-refractivity contribution >= 4 is 34.0 Å². The first kappa shape index (κ1) is 21.9. The van der Waals surface area contributed by atoms with Gasteiger partial charge in [0.05, 0.1) is 4.90 Å². The Bertz CT molecular complexity index is 722. The second kappa shape index (κ2) is 8.49. The number of benzene rings is 1. The molecule has 25 heavy (non-hydrogen) atoms. The topological polar surface area (TPSA) is 83.7 Å². The quantitative estimate of drug-likeness (QED) is 0.806. The number of sulfonamides is 1. The molecule has 8 heteroatoms. The molecule has 6 nitrogen and oxygen atoms in total. The summed E-state index contributed by atoms with van der Waals surface area (Å²) in [5.41, 5.74) is 7.72. The average Bonchev–Trinajstić information content (AvgIpc) is 2.95. The van der Waals surface area contributed by atoms with Gasteiger partial charge in [0.15, 0.2) is 0 Å². The van der Waals surface area contributed by atoms with Gasteiger partial charge >= 0.3 is 0 Å². The summed E-state index contributed by atoms with van der Waals surface area (Å²) < 4.78 is 26.9. The minimum Gasteiger partial charge on any atom is -0.327 e. The fraction of sp³-hybridized carbons (Fsp3) is 0.588. The van der Waals surface area contributed by atoms with Gasteiger partial charge in [-0.05, 0) is 36.5 Å². The van der Waals surface area contributed by atoms with E-state index in [2.05, 4.69) is 0 Å². The highest BCUT2D eigenvalue weighted by Gasteiger charge is 2.27. The van der Waals surface area contributed by atoms with Crippen LogP contribution in [-0.4, -0.2) is 44.8 Å². The van der Waals surface area contributed by atoms with Crippen LogP contribution in [0.5, 0.6) is 0 Å². The maximum atomic E-state index is 12.8. The van der Waals surface area contributed by atoms with E-state index in [1.165, 1.54) is 11.2 Å². The highest BCUT2D eigenvalue weighted by atomic mass is 35.5. The van der Waals surface area contributed by atoms with Crippen LogP contribution in [0.1, 0.15) is 32.8 Å². The molecule has 0 bridgehead atoms. The first-order chi connectivity index (χ1) is 11.1. The number of carbonyl (C=O) groups excluding carboxylic acids is 1. The van der Waals surface area contributed by atoms with Gasteiger partial charge in [-0.2, -0.15) is 0 Å². The highest BCUT2D eigenvalue weighted by Crippen LogP contribution is 2.31. The zero-order valence-corrected chi connectivity index (χ0v) is 16.9. The Kier molecular flexibility index (Phi) is 7.43. The third kappa shape index (κ3) is 4.73. The van der Waals surface area contributed by atoms with Crippen molar-refractivity contribution in [1.82, 2.24) is 4.31 Å². The summed E-state index contributed by atoms with van der Waals surface area (Å²) in [5, 5.41) is 0. The molecule has 1 atom stereocenters.